The van der Waals surface area contributed by atoms with Crippen molar-refractivity contribution in [2.24, 2.45) is 0 Å². The number of hydrogen-bond acceptors (Lipinski definition) is 5. The number of ether oxygens (including phenoxy) is 2. The first-order valence-electron chi connectivity index (χ1n) is 8.51. The van der Waals surface area contributed by atoms with Crippen LogP contribution in [-0.4, -0.2) is 41.3 Å². The summed E-state index contributed by atoms with van der Waals surface area (Å²) in [5.41, 5.74) is 2.92. The van der Waals surface area contributed by atoms with Gasteiger partial charge < -0.3 is 14.4 Å². The van der Waals surface area contributed by atoms with Crippen LogP contribution >= 0.6 is 11.6 Å². The van der Waals surface area contributed by atoms with Gasteiger partial charge in [-0.05, 0) is 48.5 Å². The van der Waals surface area contributed by atoms with Gasteiger partial charge in [0.1, 0.15) is 18.1 Å². The Hall–Kier alpha value is -2.57. The molecular weight excluding hydrogens is 352 g/mol. The van der Waals surface area contributed by atoms with E-state index >= 15 is 0 Å². The van der Waals surface area contributed by atoms with Crippen LogP contribution in [0.15, 0.2) is 54.7 Å². The molecule has 1 aliphatic rings. The standard InChI is InChI=1S/C19H19ClN4O2/c20-15-1-7-19(8-2-15)26-14-16-13-24(22-21-16)18-5-3-17(4-6-18)23-9-11-25-12-10-23/h1-8,13H,9-12,14H2. The Morgan fingerprint density at radius 1 is 0.962 bits per heavy atom. The SMILES string of the molecule is Clc1ccc(OCc2cn(-c3ccc(N4CCOCC4)cc3)nn2)cc1. The molecule has 2 heterocycles. The number of hydrogen-bond donors (Lipinski definition) is 0. The molecule has 1 aromatic heterocycles. The van der Waals surface area contributed by atoms with Gasteiger partial charge in [0.2, 0.25) is 0 Å². The lowest BCUT2D eigenvalue weighted by Gasteiger charge is -2.28. The lowest BCUT2D eigenvalue weighted by Crippen LogP contribution is -2.36. The highest BCUT2D eigenvalue weighted by atomic mass is 35.5. The summed E-state index contributed by atoms with van der Waals surface area (Å²) in [6, 6.07) is 15.5. The number of rotatable bonds is 5. The van der Waals surface area contributed by atoms with Crippen molar-refractivity contribution in [3.8, 4) is 11.4 Å². The van der Waals surface area contributed by atoms with E-state index in [1.165, 1.54) is 5.69 Å². The van der Waals surface area contributed by atoms with Crippen LogP contribution in [0.5, 0.6) is 5.75 Å². The van der Waals surface area contributed by atoms with E-state index < -0.39 is 0 Å². The van der Waals surface area contributed by atoms with Crippen LogP contribution in [0.2, 0.25) is 5.02 Å². The molecule has 3 aromatic rings. The molecule has 0 N–H and O–H groups in total. The first kappa shape index (κ1) is 16.9. The van der Waals surface area contributed by atoms with E-state index in [0.29, 0.717) is 11.6 Å². The Morgan fingerprint density at radius 2 is 1.65 bits per heavy atom. The predicted molar refractivity (Wildman–Crippen MR) is 100 cm³/mol. The molecule has 2 aromatic carbocycles. The third-order valence-corrected chi connectivity index (χ3v) is 4.48. The summed E-state index contributed by atoms with van der Waals surface area (Å²) >= 11 is 5.87. The van der Waals surface area contributed by atoms with Crippen molar-refractivity contribution >= 4 is 17.3 Å². The zero-order valence-corrected chi connectivity index (χ0v) is 15.0. The molecule has 4 rings (SSSR count). The molecular formula is C19H19ClN4O2. The average Bonchev–Trinajstić information content (AvgIpc) is 3.17. The number of benzene rings is 2. The molecule has 0 bridgehead atoms. The van der Waals surface area contributed by atoms with Gasteiger partial charge in [0, 0.05) is 23.8 Å². The Balaban J connectivity index is 1.39. The van der Waals surface area contributed by atoms with Gasteiger partial charge in [0.05, 0.1) is 25.1 Å². The van der Waals surface area contributed by atoms with E-state index in [2.05, 4.69) is 27.3 Å². The zero-order valence-electron chi connectivity index (χ0n) is 14.2. The van der Waals surface area contributed by atoms with E-state index in [4.69, 9.17) is 21.1 Å². The molecule has 0 saturated carbocycles. The van der Waals surface area contributed by atoms with Crippen molar-refractivity contribution in [3.05, 3.63) is 65.4 Å². The van der Waals surface area contributed by atoms with Crippen LogP contribution in [-0.2, 0) is 11.3 Å². The summed E-state index contributed by atoms with van der Waals surface area (Å²) in [6.07, 6.45) is 1.87. The van der Waals surface area contributed by atoms with E-state index in [9.17, 15) is 0 Å². The third-order valence-electron chi connectivity index (χ3n) is 4.23. The van der Waals surface area contributed by atoms with Gasteiger partial charge in [0.25, 0.3) is 0 Å². The molecule has 6 nitrogen and oxygen atoms in total. The van der Waals surface area contributed by atoms with Crippen LogP contribution in [0.25, 0.3) is 5.69 Å². The van der Waals surface area contributed by atoms with Crippen molar-refractivity contribution in [1.82, 2.24) is 15.0 Å². The van der Waals surface area contributed by atoms with E-state index in [1.54, 1.807) is 16.8 Å². The fourth-order valence-electron chi connectivity index (χ4n) is 2.82. The molecule has 0 radical (unpaired) electrons. The Morgan fingerprint density at radius 3 is 2.38 bits per heavy atom. The van der Waals surface area contributed by atoms with Gasteiger partial charge in [-0.25, -0.2) is 4.68 Å². The predicted octanol–water partition coefficient (Wildman–Crippen LogP) is 3.34. The maximum absolute atomic E-state index is 5.87. The van der Waals surface area contributed by atoms with Crippen molar-refractivity contribution in [2.45, 2.75) is 6.61 Å². The van der Waals surface area contributed by atoms with Gasteiger partial charge in [-0.1, -0.05) is 16.8 Å². The fourth-order valence-corrected chi connectivity index (χ4v) is 2.94. The van der Waals surface area contributed by atoms with Crippen molar-refractivity contribution < 1.29 is 9.47 Å². The molecule has 26 heavy (non-hydrogen) atoms. The molecule has 0 aliphatic carbocycles. The minimum Gasteiger partial charge on any atom is -0.487 e. The molecule has 0 atom stereocenters. The smallest absolute Gasteiger partial charge is 0.134 e. The van der Waals surface area contributed by atoms with Gasteiger partial charge in [-0.2, -0.15) is 0 Å². The average molecular weight is 371 g/mol. The number of halogens is 1. The van der Waals surface area contributed by atoms with Crippen LogP contribution < -0.4 is 9.64 Å². The molecule has 7 heteroatoms. The normalized spacial score (nSPS) is 14.4. The zero-order chi connectivity index (χ0) is 17.8. The number of anilines is 1. The van der Waals surface area contributed by atoms with Gasteiger partial charge in [0.15, 0.2) is 0 Å². The first-order valence-corrected chi connectivity index (χ1v) is 8.88. The Kier molecular flexibility index (Phi) is 5.04. The quantitative estimate of drug-likeness (QED) is 0.689. The molecule has 0 spiro atoms. The van der Waals surface area contributed by atoms with Gasteiger partial charge in [-0.15, -0.1) is 5.10 Å². The third kappa shape index (κ3) is 3.98. The molecule has 1 saturated heterocycles. The number of morpholine rings is 1. The first-order chi connectivity index (χ1) is 12.8. The molecule has 1 aliphatic heterocycles. The highest BCUT2D eigenvalue weighted by Gasteiger charge is 2.11. The maximum atomic E-state index is 5.87. The van der Waals surface area contributed by atoms with Crippen molar-refractivity contribution in [1.29, 1.82) is 0 Å². The monoisotopic (exact) mass is 370 g/mol. The van der Waals surface area contributed by atoms with Crippen LogP contribution in [0, 0.1) is 0 Å². The summed E-state index contributed by atoms with van der Waals surface area (Å²) in [7, 11) is 0. The lowest BCUT2D eigenvalue weighted by molar-refractivity contribution is 0.122. The highest BCUT2D eigenvalue weighted by Crippen LogP contribution is 2.19. The summed E-state index contributed by atoms with van der Waals surface area (Å²) < 4.78 is 12.9. The maximum Gasteiger partial charge on any atom is 0.134 e. The van der Waals surface area contributed by atoms with E-state index in [0.717, 1.165) is 43.4 Å². The van der Waals surface area contributed by atoms with E-state index in [1.807, 2.05) is 30.5 Å². The Labute approximate surface area is 156 Å². The minimum atomic E-state index is 0.355. The lowest BCUT2D eigenvalue weighted by atomic mass is 10.2. The number of aromatic nitrogens is 3. The van der Waals surface area contributed by atoms with Crippen molar-refractivity contribution in [3.63, 3.8) is 0 Å². The molecule has 1 fully saturated rings. The summed E-state index contributed by atoms with van der Waals surface area (Å²) in [5, 5.41) is 9.04. The summed E-state index contributed by atoms with van der Waals surface area (Å²) in [4.78, 5) is 2.32. The van der Waals surface area contributed by atoms with Crippen LogP contribution in [0.1, 0.15) is 5.69 Å². The van der Waals surface area contributed by atoms with Gasteiger partial charge >= 0.3 is 0 Å². The molecule has 0 unspecified atom stereocenters. The Bertz CT molecular complexity index is 843. The molecule has 0 amide bonds. The van der Waals surface area contributed by atoms with Crippen molar-refractivity contribution in [2.75, 3.05) is 31.2 Å². The van der Waals surface area contributed by atoms with Crippen LogP contribution in [0.3, 0.4) is 0 Å². The second-order valence-electron chi connectivity index (χ2n) is 6.01. The highest BCUT2D eigenvalue weighted by molar-refractivity contribution is 6.30. The summed E-state index contributed by atoms with van der Waals surface area (Å²) in [6.45, 7) is 3.76. The largest absolute Gasteiger partial charge is 0.487 e. The summed E-state index contributed by atoms with van der Waals surface area (Å²) in [5.74, 6) is 0.749. The second-order valence-corrected chi connectivity index (χ2v) is 6.45. The topological polar surface area (TPSA) is 52.4 Å². The van der Waals surface area contributed by atoms with E-state index in [-0.39, 0.29) is 0 Å². The molecule has 134 valence electrons. The minimum absolute atomic E-state index is 0.355. The van der Waals surface area contributed by atoms with Gasteiger partial charge in [-0.3, -0.25) is 0 Å². The van der Waals surface area contributed by atoms with Crippen LogP contribution in [0.4, 0.5) is 5.69 Å². The fraction of sp³-hybridized carbons (Fsp3) is 0.263. The number of nitrogens with zero attached hydrogens (tertiary/aromatic N) is 4. The second kappa shape index (κ2) is 7.76.